The number of aliphatic hydroxyl groups excluding tert-OH is 1. The fourth-order valence-corrected chi connectivity index (χ4v) is 1.90. The second-order valence-electron chi connectivity index (χ2n) is 4.47. The van der Waals surface area contributed by atoms with Crippen molar-refractivity contribution >= 4 is 11.9 Å². The minimum atomic E-state index is -0.437. The van der Waals surface area contributed by atoms with Crippen LogP contribution in [-0.2, 0) is 11.3 Å². The summed E-state index contributed by atoms with van der Waals surface area (Å²) >= 11 is 0. The zero-order chi connectivity index (χ0) is 12.4. The summed E-state index contributed by atoms with van der Waals surface area (Å²) in [6, 6.07) is 0. The number of carbonyl (C=O) groups excluding carboxylic acids is 1. The van der Waals surface area contributed by atoms with E-state index < -0.39 is 6.10 Å². The van der Waals surface area contributed by atoms with Crippen LogP contribution < -0.4 is 5.73 Å². The van der Waals surface area contributed by atoms with Crippen LogP contribution in [0.15, 0.2) is 6.33 Å². The van der Waals surface area contributed by atoms with Gasteiger partial charge in [-0.25, -0.2) is 9.67 Å². The number of aromatic nitrogens is 3. The Bertz CT molecular complexity index is 405. The second kappa shape index (κ2) is 4.70. The molecule has 1 amide bonds. The van der Waals surface area contributed by atoms with Gasteiger partial charge < -0.3 is 15.7 Å². The molecule has 1 saturated heterocycles. The van der Waals surface area contributed by atoms with Gasteiger partial charge in [0.05, 0.1) is 6.10 Å². The maximum absolute atomic E-state index is 11.9. The number of anilines is 1. The molecule has 2 rings (SSSR count). The Morgan fingerprint density at radius 2 is 2.47 bits per heavy atom. The van der Waals surface area contributed by atoms with E-state index in [-0.39, 0.29) is 24.3 Å². The van der Waals surface area contributed by atoms with Crippen molar-refractivity contribution in [2.45, 2.75) is 26.0 Å². The van der Waals surface area contributed by atoms with E-state index in [9.17, 15) is 9.90 Å². The number of aliphatic hydroxyl groups is 1. The van der Waals surface area contributed by atoms with Crippen molar-refractivity contribution in [3.63, 3.8) is 0 Å². The first-order chi connectivity index (χ1) is 8.06. The van der Waals surface area contributed by atoms with Crippen molar-refractivity contribution in [3.8, 4) is 0 Å². The molecule has 1 aliphatic heterocycles. The van der Waals surface area contributed by atoms with Gasteiger partial charge in [-0.3, -0.25) is 4.79 Å². The van der Waals surface area contributed by atoms with Crippen LogP contribution in [0.5, 0.6) is 0 Å². The van der Waals surface area contributed by atoms with Gasteiger partial charge in [0.15, 0.2) is 0 Å². The number of piperidine rings is 1. The molecule has 0 bridgehead atoms. The van der Waals surface area contributed by atoms with E-state index in [1.165, 1.54) is 11.0 Å². The van der Waals surface area contributed by atoms with Crippen LogP contribution >= 0.6 is 0 Å². The minimum absolute atomic E-state index is 0.0687. The van der Waals surface area contributed by atoms with E-state index in [1.807, 2.05) is 6.92 Å². The quantitative estimate of drug-likeness (QED) is 0.696. The van der Waals surface area contributed by atoms with E-state index in [0.717, 1.165) is 6.42 Å². The highest BCUT2D eigenvalue weighted by atomic mass is 16.3. The van der Waals surface area contributed by atoms with Crippen LogP contribution in [0, 0.1) is 5.92 Å². The van der Waals surface area contributed by atoms with Crippen LogP contribution in [0.1, 0.15) is 13.3 Å². The van der Waals surface area contributed by atoms with E-state index in [4.69, 9.17) is 5.73 Å². The lowest BCUT2D eigenvalue weighted by Crippen LogP contribution is -2.46. The Morgan fingerprint density at radius 1 is 1.71 bits per heavy atom. The van der Waals surface area contributed by atoms with Crippen molar-refractivity contribution < 1.29 is 9.90 Å². The molecule has 0 saturated carbocycles. The van der Waals surface area contributed by atoms with Gasteiger partial charge in [-0.05, 0) is 12.3 Å². The fourth-order valence-electron chi connectivity index (χ4n) is 1.90. The second-order valence-corrected chi connectivity index (χ2v) is 4.47. The Hall–Kier alpha value is -1.63. The first-order valence-corrected chi connectivity index (χ1v) is 5.67. The number of hydrogen-bond acceptors (Lipinski definition) is 5. The molecule has 2 atom stereocenters. The third kappa shape index (κ3) is 2.73. The number of nitrogens with zero attached hydrogens (tertiary/aromatic N) is 4. The van der Waals surface area contributed by atoms with Crippen LogP contribution in [0.25, 0.3) is 0 Å². The maximum atomic E-state index is 11.9. The highest BCUT2D eigenvalue weighted by Gasteiger charge is 2.27. The number of nitrogen functional groups attached to an aromatic ring is 1. The van der Waals surface area contributed by atoms with Gasteiger partial charge in [0.25, 0.3) is 0 Å². The molecule has 1 aromatic heterocycles. The third-order valence-corrected chi connectivity index (χ3v) is 3.12. The van der Waals surface area contributed by atoms with Crippen LogP contribution in [-0.4, -0.2) is 49.9 Å². The Balaban J connectivity index is 1.92. The average molecular weight is 239 g/mol. The van der Waals surface area contributed by atoms with Gasteiger partial charge in [0, 0.05) is 13.1 Å². The summed E-state index contributed by atoms with van der Waals surface area (Å²) in [4.78, 5) is 17.3. The molecule has 1 fully saturated rings. The number of likely N-dealkylation sites (tertiary alicyclic amines) is 1. The van der Waals surface area contributed by atoms with Gasteiger partial charge in [0.2, 0.25) is 11.9 Å². The van der Waals surface area contributed by atoms with Crippen molar-refractivity contribution in [2.75, 3.05) is 18.8 Å². The molecule has 1 aromatic rings. The standard InChI is InChI=1S/C10H17N5O2/c1-7-2-3-14(4-8(7)16)9(17)5-15-6-12-10(11)13-15/h6-8,16H,2-5H2,1H3,(H2,11,13). The predicted molar refractivity (Wildman–Crippen MR) is 60.8 cm³/mol. The summed E-state index contributed by atoms with van der Waals surface area (Å²) in [6.07, 6.45) is 1.82. The molecule has 94 valence electrons. The molecule has 2 unspecified atom stereocenters. The van der Waals surface area contributed by atoms with E-state index in [2.05, 4.69) is 10.1 Å². The molecule has 7 nitrogen and oxygen atoms in total. The molecule has 2 heterocycles. The molecule has 17 heavy (non-hydrogen) atoms. The predicted octanol–water partition coefficient (Wildman–Crippen LogP) is -0.910. The molecule has 1 aliphatic rings. The number of hydrogen-bond donors (Lipinski definition) is 2. The zero-order valence-corrected chi connectivity index (χ0v) is 9.78. The highest BCUT2D eigenvalue weighted by Crippen LogP contribution is 2.17. The summed E-state index contributed by atoms with van der Waals surface area (Å²) in [6.45, 7) is 3.18. The van der Waals surface area contributed by atoms with Crippen LogP contribution in [0.4, 0.5) is 5.95 Å². The SMILES string of the molecule is CC1CCN(C(=O)Cn2cnc(N)n2)CC1O. The first-order valence-electron chi connectivity index (χ1n) is 5.67. The Morgan fingerprint density at radius 3 is 3.06 bits per heavy atom. The van der Waals surface area contributed by atoms with Crippen LogP contribution in [0.3, 0.4) is 0 Å². The Kier molecular flexibility index (Phi) is 3.28. The van der Waals surface area contributed by atoms with E-state index in [0.29, 0.717) is 13.1 Å². The third-order valence-electron chi connectivity index (χ3n) is 3.12. The number of carbonyl (C=O) groups is 1. The van der Waals surface area contributed by atoms with E-state index >= 15 is 0 Å². The van der Waals surface area contributed by atoms with Crippen LogP contribution in [0.2, 0.25) is 0 Å². The molecule has 0 radical (unpaired) electrons. The smallest absolute Gasteiger partial charge is 0.244 e. The first kappa shape index (κ1) is 11.8. The summed E-state index contributed by atoms with van der Waals surface area (Å²) < 4.78 is 1.40. The van der Waals surface area contributed by atoms with Gasteiger partial charge in [-0.1, -0.05) is 6.92 Å². The zero-order valence-electron chi connectivity index (χ0n) is 9.78. The molecule has 3 N–H and O–H groups in total. The fraction of sp³-hybridized carbons (Fsp3) is 0.700. The van der Waals surface area contributed by atoms with Gasteiger partial charge in [0.1, 0.15) is 12.9 Å². The monoisotopic (exact) mass is 239 g/mol. The Labute approximate surface area is 99.2 Å². The number of β-amino-alcohol motifs (C(OH)–C–C–N with tert-alkyl or cyclic N) is 1. The lowest BCUT2D eigenvalue weighted by molar-refractivity contribution is -0.136. The highest BCUT2D eigenvalue weighted by molar-refractivity contribution is 5.76. The molecule has 7 heteroatoms. The van der Waals surface area contributed by atoms with Crippen molar-refractivity contribution in [1.29, 1.82) is 0 Å². The van der Waals surface area contributed by atoms with Gasteiger partial charge in [-0.15, -0.1) is 5.10 Å². The summed E-state index contributed by atoms with van der Waals surface area (Å²) in [5.41, 5.74) is 5.37. The van der Waals surface area contributed by atoms with Crippen molar-refractivity contribution in [2.24, 2.45) is 5.92 Å². The van der Waals surface area contributed by atoms with Gasteiger partial charge >= 0.3 is 0 Å². The lowest BCUT2D eigenvalue weighted by Gasteiger charge is -2.34. The van der Waals surface area contributed by atoms with Crippen molar-refractivity contribution in [3.05, 3.63) is 6.33 Å². The normalized spacial score (nSPS) is 24.9. The topological polar surface area (TPSA) is 97.3 Å². The number of amides is 1. The lowest BCUT2D eigenvalue weighted by atomic mass is 9.96. The molecule has 0 aliphatic carbocycles. The van der Waals surface area contributed by atoms with Crippen molar-refractivity contribution in [1.82, 2.24) is 19.7 Å². The molecule has 0 spiro atoms. The summed E-state index contributed by atoms with van der Waals surface area (Å²) in [5.74, 6) is 0.340. The average Bonchev–Trinajstić information content (AvgIpc) is 2.68. The van der Waals surface area contributed by atoms with E-state index in [1.54, 1.807) is 4.90 Å². The van der Waals surface area contributed by atoms with Gasteiger partial charge in [-0.2, -0.15) is 0 Å². The largest absolute Gasteiger partial charge is 0.391 e. The molecule has 0 aromatic carbocycles. The number of nitrogens with two attached hydrogens (primary N) is 1. The molecular weight excluding hydrogens is 222 g/mol. The number of rotatable bonds is 2. The minimum Gasteiger partial charge on any atom is -0.391 e. The maximum Gasteiger partial charge on any atom is 0.244 e. The summed E-state index contributed by atoms with van der Waals surface area (Å²) in [5, 5.41) is 13.6. The molecular formula is C10H17N5O2. The summed E-state index contributed by atoms with van der Waals surface area (Å²) in [7, 11) is 0.